The minimum atomic E-state index is -0.557. The van der Waals surface area contributed by atoms with E-state index in [9.17, 15) is 10.1 Å². The minimum Gasteiger partial charge on any atom is -0.508 e. The Hall–Kier alpha value is -1.88. The Bertz CT molecular complexity index is 387. The van der Waals surface area contributed by atoms with Gasteiger partial charge in [-0.05, 0) is 18.6 Å². The molecule has 0 fully saturated rings. The van der Waals surface area contributed by atoms with E-state index in [4.69, 9.17) is 10.2 Å². The Labute approximate surface area is 86.4 Å². The summed E-state index contributed by atoms with van der Waals surface area (Å²) >= 11 is 0. The zero-order valence-corrected chi connectivity index (χ0v) is 7.96. The van der Waals surface area contributed by atoms with Crippen molar-refractivity contribution in [3.63, 3.8) is 0 Å². The number of hydrogen-bond donors (Lipinski definition) is 2. The van der Waals surface area contributed by atoms with Crippen molar-refractivity contribution in [1.29, 1.82) is 0 Å². The molecule has 1 aromatic rings. The maximum absolute atomic E-state index is 10.6. The number of rotatable bonds is 4. The largest absolute Gasteiger partial charge is 0.508 e. The molecule has 0 heterocycles. The third-order valence-corrected chi connectivity index (χ3v) is 1.80. The third kappa shape index (κ3) is 3.07. The van der Waals surface area contributed by atoms with Crippen molar-refractivity contribution in [2.45, 2.75) is 6.42 Å². The highest BCUT2D eigenvalue weighted by Crippen LogP contribution is 2.24. The predicted molar refractivity (Wildman–Crippen MR) is 55.5 cm³/mol. The van der Waals surface area contributed by atoms with Gasteiger partial charge in [-0.2, -0.15) is 0 Å². The van der Waals surface area contributed by atoms with Crippen molar-refractivity contribution in [2.24, 2.45) is 0 Å². The molecule has 80 valence electrons. The molecule has 0 aliphatic heterocycles. The summed E-state index contributed by atoms with van der Waals surface area (Å²) in [6.45, 7) is 0.00236. The lowest BCUT2D eigenvalue weighted by atomic mass is 10.1. The van der Waals surface area contributed by atoms with Crippen LogP contribution >= 0.6 is 0 Å². The Balaban J connectivity index is 3.01. The number of benzene rings is 1. The van der Waals surface area contributed by atoms with E-state index in [1.165, 1.54) is 12.1 Å². The van der Waals surface area contributed by atoms with Crippen LogP contribution in [-0.4, -0.2) is 21.7 Å². The van der Waals surface area contributed by atoms with E-state index >= 15 is 0 Å². The second-order valence-corrected chi connectivity index (χ2v) is 2.91. The quantitative estimate of drug-likeness (QED) is 0.583. The number of aliphatic hydroxyl groups excluding tert-OH is 1. The molecule has 5 heteroatoms. The molecule has 0 amide bonds. The molecule has 0 saturated carbocycles. The molecular formula is C10H11NO4. The summed E-state index contributed by atoms with van der Waals surface area (Å²) in [6, 6.07) is 3.94. The second-order valence-electron chi connectivity index (χ2n) is 2.91. The first kappa shape index (κ1) is 11.2. The molecule has 0 unspecified atom stereocenters. The van der Waals surface area contributed by atoms with Gasteiger partial charge in [0.2, 0.25) is 0 Å². The normalized spacial score (nSPS) is 10.7. The summed E-state index contributed by atoms with van der Waals surface area (Å²) in [5, 5.41) is 28.2. The maximum Gasteiger partial charge on any atom is 0.280 e. The molecule has 0 aliphatic rings. The van der Waals surface area contributed by atoms with Crippen molar-refractivity contribution in [3.05, 3.63) is 40.0 Å². The van der Waals surface area contributed by atoms with Gasteiger partial charge in [-0.15, -0.1) is 0 Å². The van der Waals surface area contributed by atoms with Crippen LogP contribution in [0.15, 0.2) is 24.3 Å². The van der Waals surface area contributed by atoms with Gasteiger partial charge in [0.15, 0.2) is 0 Å². The molecule has 1 rings (SSSR count). The molecule has 0 radical (unpaired) electrons. The fourth-order valence-corrected chi connectivity index (χ4v) is 1.12. The molecule has 0 aliphatic carbocycles. The van der Waals surface area contributed by atoms with Crippen LogP contribution in [0.5, 0.6) is 5.75 Å². The fraction of sp³-hybridized carbons (Fsp3) is 0.200. The Morgan fingerprint density at radius 1 is 1.47 bits per heavy atom. The van der Waals surface area contributed by atoms with E-state index in [0.717, 1.165) is 6.07 Å². The summed E-state index contributed by atoms with van der Waals surface area (Å²) in [4.78, 5) is 10.1. The zero-order valence-electron chi connectivity index (χ0n) is 7.96. The van der Waals surface area contributed by atoms with Crippen LogP contribution in [0.2, 0.25) is 0 Å². The van der Waals surface area contributed by atoms with Crippen molar-refractivity contribution < 1.29 is 15.1 Å². The van der Waals surface area contributed by atoms with E-state index in [0.29, 0.717) is 12.0 Å². The van der Waals surface area contributed by atoms with Crippen LogP contribution in [0.25, 0.3) is 6.08 Å². The molecular weight excluding hydrogens is 198 g/mol. The average molecular weight is 209 g/mol. The molecule has 15 heavy (non-hydrogen) atoms. The van der Waals surface area contributed by atoms with Gasteiger partial charge < -0.3 is 10.2 Å². The highest BCUT2D eigenvalue weighted by Gasteiger charge is 2.11. The van der Waals surface area contributed by atoms with Crippen molar-refractivity contribution in [3.8, 4) is 5.75 Å². The maximum atomic E-state index is 10.6. The number of phenols is 1. The lowest BCUT2D eigenvalue weighted by Crippen LogP contribution is -1.91. The van der Waals surface area contributed by atoms with E-state index in [1.807, 2.05) is 0 Å². The highest BCUT2D eigenvalue weighted by molar-refractivity contribution is 5.62. The molecule has 0 saturated heterocycles. The summed E-state index contributed by atoms with van der Waals surface area (Å²) in [6.07, 6.45) is 3.63. The van der Waals surface area contributed by atoms with Crippen LogP contribution in [0.3, 0.4) is 0 Å². The van der Waals surface area contributed by atoms with E-state index in [1.54, 1.807) is 12.2 Å². The van der Waals surface area contributed by atoms with E-state index < -0.39 is 4.92 Å². The van der Waals surface area contributed by atoms with Crippen molar-refractivity contribution in [2.75, 3.05) is 6.61 Å². The van der Waals surface area contributed by atoms with Gasteiger partial charge in [-0.3, -0.25) is 10.1 Å². The first-order chi connectivity index (χ1) is 7.15. The number of phenolic OH excluding ortho intramolecular Hbond substituents is 1. The first-order valence-corrected chi connectivity index (χ1v) is 4.40. The summed E-state index contributed by atoms with van der Waals surface area (Å²) in [7, 11) is 0. The molecule has 0 atom stereocenters. The summed E-state index contributed by atoms with van der Waals surface area (Å²) in [5.74, 6) is -0.138. The smallest absolute Gasteiger partial charge is 0.280 e. The standard InChI is InChI=1S/C10H11NO4/c12-6-2-1-3-8-4-5-9(13)7-10(8)11(14)15/h1,3-5,7,12-13H,2,6H2. The van der Waals surface area contributed by atoms with Gasteiger partial charge in [0.25, 0.3) is 5.69 Å². The number of hydrogen-bond acceptors (Lipinski definition) is 4. The van der Waals surface area contributed by atoms with E-state index in [-0.39, 0.29) is 18.0 Å². The van der Waals surface area contributed by atoms with Gasteiger partial charge in [0.1, 0.15) is 5.75 Å². The van der Waals surface area contributed by atoms with Crippen LogP contribution < -0.4 is 0 Å². The lowest BCUT2D eigenvalue weighted by molar-refractivity contribution is -0.385. The van der Waals surface area contributed by atoms with Crippen molar-refractivity contribution >= 4 is 11.8 Å². The van der Waals surface area contributed by atoms with Gasteiger partial charge in [-0.25, -0.2) is 0 Å². The van der Waals surface area contributed by atoms with Crippen LogP contribution in [0.1, 0.15) is 12.0 Å². The number of nitrogens with zero attached hydrogens (tertiary/aromatic N) is 1. The molecule has 2 N–H and O–H groups in total. The van der Waals surface area contributed by atoms with Crippen molar-refractivity contribution in [1.82, 2.24) is 0 Å². The number of nitro groups is 1. The summed E-state index contributed by atoms with van der Waals surface area (Å²) in [5.41, 5.74) is 0.260. The molecule has 1 aromatic carbocycles. The van der Waals surface area contributed by atoms with Gasteiger partial charge in [0.05, 0.1) is 16.6 Å². The van der Waals surface area contributed by atoms with Crippen LogP contribution in [0, 0.1) is 10.1 Å². The molecule has 5 nitrogen and oxygen atoms in total. The Morgan fingerprint density at radius 3 is 2.80 bits per heavy atom. The molecule has 0 aromatic heterocycles. The Morgan fingerprint density at radius 2 is 2.20 bits per heavy atom. The van der Waals surface area contributed by atoms with Gasteiger partial charge >= 0.3 is 0 Å². The number of aromatic hydroxyl groups is 1. The number of aliphatic hydroxyl groups is 1. The monoisotopic (exact) mass is 209 g/mol. The van der Waals surface area contributed by atoms with Crippen LogP contribution in [0.4, 0.5) is 5.69 Å². The van der Waals surface area contributed by atoms with E-state index in [2.05, 4.69) is 0 Å². The van der Waals surface area contributed by atoms with Crippen LogP contribution in [-0.2, 0) is 0 Å². The minimum absolute atomic E-state index is 0.00236. The predicted octanol–water partition coefficient (Wildman–Crippen LogP) is 1.70. The first-order valence-electron chi connectivity index (χ1n) is 4.40. The average Bonchev–Trinajstić information content (AvgIpc) is 2.20. The molecule has 0 spiro atoms. The highest BCUT2D eigenvalue weighted by atomic mass is 16.6. The fourth-order valence-electron chi connectivity index (χ4n) is 1.12. The zero-order chi connectivity index (χ0) is 11.3. The SMILES string of the molecule is O=[N+]([O-])c1cc(O)ccc1C=CCCO. The second kappa shape index (κ2) is 5.11. The molecule has 0 bridgehead atoms. The van der Waals surface area contributed by atoms with Gasteiger partial charge in [-0.1, -0.05) is 12.2 Å². The number of nitro benzene ring substituents is 1. The lowest BCUT2D eigenvalue weighted by Gasteiger charge is -1.98. The third-order valence-electron chi connectivity index (χ3n) is 1.80. The topological polar surface area (TPSA) is 83.6 Å². The Kier molecular flexibility index (Phi) is 3.82. The summed E-state index contributed by atoms with van der Waals surface area (Å²) < 4.78 is 0. The van der Waals surface area contributed by atoms with Gasteiger partial charge in [0, 0.05) is 6.61 Å².